The molecule has 1 N–H and O–H groups in total. The summed E-state index contributed by atoms with van der Waals surface area (Å²) in [4.78, 5) is 4.09. The van der Waals surface area contributed by atoms with Gasteiger partial charge in [0.1, 0.15) is 11.5 Å². The maximum absolute atomic E-state index is 5.86. The Kier molecular flexibility index (Phi) is 6.17. The van der Waals surface area contributed by atoms with Crippen molar-refractivity contribution in [2.45, 2.75) is 13.5 Å². The Bertz CT molecular complexity index is 590. The molecule has 0 fully saturated rings. The van der Waals surface area contributed by atoms with Gasteiger partial charge in [0.25, 0.3) is 0 Å². The predicted molar refractivity (Wildman–Crippen MR) is 86.8 cm³/mol. The number of ether oxygens (including phenoxy) is 2. The molecule has 4 nitrogen and oxygen atoms in total. The molecule has 0 spiro atoms. The van der Waals surface area contributed by atoms with Gasteiger partial charge in [-0.05, 0) is 46.1 Å². The third-order valence-electron chi connectivity index (χ3n) is 2.96. The van der Waals surface area contributed by atoms with Crippen molar-refractivity contribution in [3.63, 3.8) is 0 Å². The first kappa shape index (κ1) is 15.9. The molecule has 0 atom stereocenters. The van der Waals surface area contributed by atoms with Crippen LogP contribution in [0.25, 0.3) is 0 Å². The van der Waals surface area contributed by atoms with Gasteiger partial charge in [0, 0.05) is 30.9 Å². The summed E-state index contributed by atoms with van der Waals surface area (Å²) in [5.41, 5.74) is 2.32. The zero-order valence-electron chi connectivity index (χ0n) is 12.2. The van der Waals surface area contributed by atoms with Crippen LogP contribution in [-0.4, -0.2) is 25.2 Å². The van der Waals surface area contributed by atoms with E-state index in [1.165, 1.54) is 5.56 Å². The normalized spacial score (nSPS) is 10.6. The molecule has 0 unspecified atom stereocenters. The van der Waals surface area contributed by atoms with E-state index >= 15 is 0 Å². The highest BCUT2D eigenvalue weighted by Crippen LogP contribution is 2.26. The Hall–Kier alpha value is -1.43. The van der Waals surface area contributed by atoms with Gasteiger partial charge in [-0.3, -0.25) is 4.98 Å². The molecule has 5 heteroatoms. The fourth-order valence-electron chi connectivity index (χ4n) is 1.92. The molecule has 0 radical (unpaired) electrons. The highest BCUT2D eigenvalue weighted by Gasteiger charge is 2.04. The van der Waals surface area contributed by atoms with Gasteiger partial charge in [0.05, 0.1) is 12.8 Å². The number of hydrogen-bond donors (Lipinski definition) is 1. The molecular weight excluding hydrogens is 332 g/mol. The number of rotatable bonds is 7. The summed E-state index contributed by atoms with van der Waals surface area (Å²) in [5, 5.41) is 3.32. The van der Waals surface area contributed by atoms with E-state index in [1.54, 1.807) is 19.5 Å². The average Bonchev–Trinajstić information content (AvgIpc) is 2.46. The fourth-order valence-corrected chi connectivity index (χ4v) is 2.26. The second kappa shape index (κ2) is 8.12. The second-order valence-electron chi connectivity index (χ2n) is 4.71. The van der Waals surface area contributed by atoms with Gasteiger partial charge in [-0.1, -0.05) is 12.1 Å². The molecule has 2 rings (SSSR count). The van der Waals surface area contributed by atoms with E-state index in [-0.39, 0.29) is 0 Å². The van der Waals surface area contributed by atoms with Crippen molar-refractivity contribution in [3.8, 4) is 11.5 Å². The van der Waals surface area contributed by atoms with Crippen LogP contribution in [0.4, 0.5) is 0 Å². The minimum absolute atomic E-state index is 0.718. The molecule has 2 aromatic rings. The fraction of sp³-hybridized carbons (Fsp3) is 0.312. The molecule has 0 bridgehead atoms. The van der Waals surface area contributed by atoms with Crippen LogP contribution >= 0.6 is 15.9 Å². The maximum Gasteiger partial charge on any atom is 0.146 e. The standard InChI is InChI=1S/C16H19BrN2O2/c1-12-7-13(9-18-5-6-20-2)3-4-16(12)21-15-8-14(17)10-19-11-15/h3-4,7-8,10-11,18H,5-6,9H2,1-2H3. The molecule has 0 aliphatic heterocycles. The second-order valence-corrected chi connectivity index (χ2v) is 5.63. The van der Waals surface area contributed by atoms with Crippen molar-refractivity contribution < 1.29 is 9.47 Å². The van der Waals surface area contributed by atoms with Crippen molar-refractivity contribution in [3.05, 3.63) is 52.3 Å². The predicted octanol–water partition coefficient (Wildman–Crippen LogP) is 3.68. The van der Waals surface area contributed by atoms with Gasteiger partial charge in [0.15, 0.2) is 0 Å². The average molecular weight is 351 g/mol. The first-order valence-electron chi connectivity index (χ1n) is 6.76. The van der Waals surface area contributed by atoms with Gasteiger partial charge in [-0.2, -0.15) is 0 Å². The van der Waals surface area contributed by atoms with Crippen LogP contribution < -0.4 is 10.1 Å². The Labute approximate surface area is 133 Å². The number of halogens is 1. The summed E-state index contributed by atoms with van der Waals surface area (Å²) >= 11 is 3.39. The van der Waals surface area contributed by atoms with Crippen LogP contribution in [0.3, 0.4) is 0 Å². The van der Waals surface area contributed by atoms with E-state index in [0.29, 0.717) is 0 Å². The van der Waals surface area contributed by atoms with Crippen molar-refractivity contribution >= 4 is 15.9 Å². The molecule has 0 aliphatic rings. The quantitative estimate of drug-likeness (QED) is 0.773. The maximum atomic E-state index is 5.86. The largest absolute Gasteiger partial charge is 0.455 e. The Morgan fingerprint density at radius 3 is 2.81 bits per heavy atom. The molecule has 1 heterocycles. The lowest BCUT2D eigenvalue weighted by atomic mass is 10.1. The molecule has 21 heavy (non-hydrogen) atoms. The highest BCUT2D eigenvalue weighted by atomic mass is 79.9. The molecule has 112 valence electrons. The van der Waals surface area contributed by atoms with E-state index in [9.17, 15) is 0 Å². The molecule has 1 aromatic carbocycles. The van der Waals surface area contributed by atoms with Crippen LogP contribution in [0.1, 0.15) is 11.1 Å². The molecule has 1 aromatic heterocycles. The van der Waals surface area contributed by atoms with Crippen molar-refractivity contribution in [2.75, 3.05) is 20.3 Å². The number of aromatic nitrogens is 1. The first-order chi connectivity index (χ1) is 10.2. The summed E-state index contributed by atoms with van der Waals surface area (Å²) in [6.07, 6.45) is 3.43. The lowest BCUT2D eigenvalue weighted by molar-refractivity contribution is 0.199. The molecule has 0 saturated heterocycles. The monoisotopic (exact) mass is 350 g/mol. The van der Waals surface area contributed by atoms with Gasteiger partial charge < -0.3 is 14.8 Å². The highest BCUT2D eigenvalue weighted by molar-refractivity contribution is 9.10. The van der Waals surface area contributed by atoms with Crippen molar-refractivity contribution in [2.24, 2.45) is 0 Å². The lowest BCUT2D eigenvalue weighted by Gasteiger charge is -2.11. The van der Waals surface area contributed by atoms with Crippen molar-refractivity contribution in [1.29, 1.82) is 0 Å². The third-order valence-corrected chi connectivity index (χ3v) is 3.39. The molecule has 0 saturated carbocycles. The Morgan fingerprint density at radius 2 is 2.10 bits per heavy atom. The number of hydrogen-bond acceptors (Lipinski definition) is 4. The number of nitrogens with zero attached hydrogens (tertiary/aromatic N) is 1. The molecule has 0 aliphatic carbocycles. The minimum atomic E-state index is 0.718. The lowest BCUT2D eigenvalue weighted by Crippen LogP contribution is -2.18. The number of benzene rings is 1. The van der Waals surface area contributed by atoms with Crippen molar-refractivity contribution in [1.82, 2.24) is 10.3 Å². The van der Waals surface area contributed by atoms with Crippen LogP contribution in [0.2, 0.25) is 0 Å². The molecule has 0 amide bonds. The van der Waals surface area contributed by atoms with Gasteiger partial charge in [-0.15, -0.1) is 0 Å². The zero-order valence-corrected chi connectivity index (χ0v) is 13.8. The third kappa shape index (κ3) is 5.12. The Balaban J connectivity index is 1.98. The zero-order chi connectivity index (χ0) is 15.1. The minimum Gasteiger partial charge on any atom is -0.455 e. The SMILES string of the molecule is COCCNCc1ccc(Oc2cncc(Br)c2)c(C)c1. The van der Waals surface area contributed by atoms with E-state index in [0.717, 1.165) is 41.2 Å². The topological polar surface area (TPSA) is 43.4 Å². The summed E-state index contributed by atoms with van der Waals surface area (Å²) in [7, 11) is 1.70. The Morgan fingerprint density at radius 1 is 1.24 bits per heavy atom. The van der Waals surface area contributed by atoms with E-state index < -0.39 is 0 Å². The number of nitrogens with one attached hydrogen (secondary N) is 1. The van der Waals surface area contributed by atoms with Gasteiger partial charge in [-0.25, -0.2) is 0 Å². The van der Waals surface area contributed by atoms with Gasteiger partial charge >= 0.3 is 0 Å². The smallest absolute Gasteiger partial charge is 0.146 e. The van der Waals surface area contributed by atoms with E-state index in [4.69, 9.17) is 9.47 Å². The number of pyridine rings is 1. The van der Waals surface area contributed by atoms with Crippen LogP contribution in [0.15, 0.2) is 41.1 Å². The molecular formula is C16H19BrN2O2. The van der Waals surface area contributed by atoms with E-state index in [2.05, 4.69) is 38.4 Å². The summed E-state index contributed by atoms with van der Waals surface area (Å²) in [6, 6.07) is 8.07. The number of aryl methyl sites for hydroxylation is 1. The van der Waals surface area contributed by atoms with Crippen LogP contribution in [-0.2, 0) is 11.3 Å². The van der Waals surface area contributed by atoms with Crippen LogP contribution in [0, 0.1) is 6.92 Å². The summed E-state index contributed by atoms with van der Waals surface area (Å²) < 4.78 is 11.8. The van der Waals surface area contributed by atoms with Crippen LogP contribution in [0.5, 0.6) is 11.5 Å². The van der Waals surface area contributed by atoms with E-state index in [1.807, 2.05) is 19.1 Å². The summed E-state index contributed by atoms with van der Waals surface area (Å²) in [6.45, 7) is 4.43. The first-order valence-corrected chi connectivity index (χ1v) is 7.56. The van der Waals surface area contributed by atoms with Gasteiger partial charge in [0.2, 0.25) is 0 Å². The number of methoxy groups -OCH3 is 1. The summed E-state index contributed by atoms with van der Waals surface area (Å²) in [5.74, 6) is 1.56.